The Balaban J connectivity index is 1.54. The fourth-order valence-electron chi connectivity index (χ4n) is 5.13. The van der Waals surface area contributed by atoms with Crippen LogP contribution in [-0.2, 0) is 24.6 Å². The largest absolute Gasteiger partial charge is 0.460 e. The number of aromatic nitrogens is 2. The van der Waals surface area contributed by atoms with E-state index in [0.29, 0.717) is 5.56 Å². The zero-order valence-corrected chi connectivity index (χ0v) is 21.8. The first-order valence-corrected chi connectivity index (χ1v) is 12.8. The Kier molecular flexibility index (Phi) is 7.58. The molecule has 3 atom stereocenters. The topological polar surface area (TPSA) is 99.6 Å². The lowest BCUT2D eigenvalue weighted by molar-refractivity contribution is -0.153. The second-order valence-electron chi connectivity index (χ2n) is 9.58. The highest BCUT2D eigenvalue weighted by atomic mass is 16.6. The molecule has 0 spiro atoms. The second kappa shape index (κ2) is 11.2. The average Bonchev–Trinajstić information content (AvgIpc) is 3.34. The number of H-pyrrole nitrogens is 1. The number of aromatic amines is 1. The zero-order valence-electron chi connectivity index (χ0n) is 21.8. The smallest absolute Gasteiger partial charge is 0.330 e. The van der Waals surface area contributed by atoms with Crippen molar-refractivity contribution in [3.05, 3.63) is 140 Å². The van der Waals surface area contributed by atoms with Gasteiger partial charge < -0.3 is 14.2 Å². The molecule has 200 valence electrons. The summed E-state index contributed by atoms with van der Waals surface area (Å²) in [6.45, 7) is 3.01. The molecule has 1 aromatic heterocycles. The summed E-state index contributed by atoms with van der Waals surface area (Å²) in [4.78, 5) is 38.8. The standard InChI is InChI=1S/C31H30N2O6/c1-21-19-33(30(36)32-29(21)35)28-18-26(38-22(2)34)27(39-28)20-37-31(23-12-6-3-7-13-23,24-14-8-4-9-15-24)25-16-10-5-11-17-25/h3-17,19,26-28H,18,20H2,1-2H3,(H,32,35,36)/t26-,27+,28+/m0/s1. The van der Waals surface area contributed by atoms with Crippen molar-refractivity contribution in [3.8, 4) is 0 Å². The van der Waals surface area contributed by atoms with E-state index in [9.17, 15) is 14.4 Å². The predicted molar refractivity (Wildman–Crippen MR) is 145 cm³/mol. The minimum Gasteiger partial charge on any atom is -0.460 e. The quantitative estimate of drug-likeness (QED) is 0.275. The molecule has 8 nitrogen and oxygen atoms in total. The summed E-state index contributed by atoms with van der Waals surface area (Å²) in [6.07, 6.45) is -0.387. The first-order valence-electron chi connectivity index (χ1n) is 12.8. The Hall–Kier alpha value is -4.27. The van der Waals surface area contributed by atoms with Gasteiger partial charge >= 0.3 is 11.7 Å². The maximum atomic E-state index is 12.6. The Labute approximate surface area is 225 Å². The molecule has 5 rings (SSSR count). The van der Waals surface area contributed by atoms with Crippen molar-refractivity contribution < 1.29 is 19.0 Å². The first kappa shape index (κ1) is 26.3. The molecule has 4 aromatic rings. The van der Waals surface area contributed by atoms with Crippen LogP contribution in [0.1, 0.15) is 41.8 Å². The van der Waals surface area contributed by atoms with Gasteiger partial charge in [-0.2, -0.15) is 0 Å². The summed E-state index contributed by atoms with van der Waals surface area (Å²) in [5.41, 5.74) is 1.11. The van der Waals surface area contributed by atoms with Gasteiger partial charge in [0.2, 0.25) is 0 Å². The van der Waals surface area contributed by atoms with E-state index in [1.54, 1.807) is 6.92 Å². The highest BCUT2D eigenvalue weighted by molar-refractivity contribution is 5.66. The minimum atomic E-state index is -0.989. The van der Waals surface area contributed by atoms with Crippen LogP contribution in [0.2, 0.25) is 0 Å². The molecule has 1 aliphatic rings. The number of nitrogens with zero attached hydrogens (tertiary/aromatic N) is 1. The lowest BCUT2D eigenvalue weighted by Crippen LogP contribution is -2.39. The minimum absolute atomic E-state index is 0.0597. The Morgan fingerprint density at radius 3 is 1.92 bits per heavy atom. The van der Waals surface area contributed by atoms with Crippen LogP contribution >= 0.6 is 0 Å². The highest BCUT2D eigenvalue weighted by Crippen LogP contribution is 2.41. The van der Waals surface area contributed by atoms with E-state index in [1.807, 2.05) is 91.0 Å². The number of carbonyl (C=O) groups is 1. The van der Waals surface area contributed by atoms with Crippen LogP contribution in [0.15, 0.2) is 107 Å². The molecule has 0 aliphatic carbocycles. The van der Waals surface area contributed by atoms with Crippen LogP contribution < -0.4 is 11.2 Å². The lowest BCUT2D eigenvalue weighted by Gasteiger charge is -2.37. The van der Waals surface area contributed by atoms with Gasteiger partial charge in [-0.3, -0.25) is 19.1 Å². The van der Waals surface area contributed by atoms with E-state index in [1.165, 1.54) is 17.7 Å². The van der Waals surface area contributed by atoms with Crippen LogP contribution in [0, 0.1) is 6.92 Å². The number of hydrogen-bond donors (Lipinski definition) is 1. The Morgan fingerprint density at radius 2 is 1.44 bits per heavy atom. The molecule has 1 N–H and O–H groups in total. The maximum absolute atomic E-state index is 12.6. The molecule has 3 aromatic carbocycles. The van der Waals surface area contributed by atoms with E-state index >= 15 is 0 Å². The van der Waals surface area contributed by atoms with Gasteiger partial charge in [0.05, 0.1) is 6.61 Å². The van der Waals surface area contributed by atoms with Crippen molar-refractivity contribution in [2.24, 2.45) is 0 Å². The van der Waals surface area contributed by atoms with Crippen molar-refractivity contribution in [3.63, 3.8) is 0 Å². The van der Waals surface area contributed by atoms with Gasteiger partial charge in [0, 0.05) is 25.1 Å². The number of rotatable bonds is 8. The van der Waals surface area contributed by atoms with Crippen LogP contribution in [-0.4, -0.2) is 34.3 Å². The van der Waals surface area contributed by atoms with Gasteiger partial charge in [0.15, 0.2) is 0 Å². The highest BCUT2D eigenvalue weighted by Gasteiger charge is 2.43. The molecule has 2 heterocycles. The molecular formula is C31H30N2O6. The van der Waals surface area contributed by atoms with E-state index < -0.39 is 41.3 Å². The summed E-state index contributed by atoms with van der Waals surface area (Å²) in [5, 5.41) is 0. The molecule has 0 amide bonds. The van der Waals surface area contributed by atoms with Crippen molar-refractivity contribution in [1.82, 2.24) is 9.55 Å². The third-order valence-electron chi connectivity index (χ3n) is 6.96. The van der Waals surface area contributed by atoms with Gasteiger partial charge in [-0.25, -0.2) is 4.79 Å². The number of carbonyl (C=O) groups excluding carboxylic acids is 1. The Bertz CT molecular complexity index is 1440. The molecule has 0 unspecified atom stereocenters. The normalized spacial score (nSPS) is 19.1. The monoisotopic (exact) mass is 526 g/mol. The van der Waals surface area contributed by atoms with Gasteiger partial charge in [-0.05, 0) is 23.6 Å². The maximum Gasteiger partial charge on any atom is 0.330 e. The first-order chi connectivity index (χ1) is 18.9. The molecule has 39 heavy (non-hydrogen) atoms. The van der Waals surface area contributed by atoms with Crippen LogP contribution in [0.3, 0.4) is 0 Å². The molecule has 0 radical (unpaired) electrons. The van der Waals surface area contributed by atoms with Crippen LogP contribution in [0.5, 0.6) is 0 Å². The SMILES string of the molecule is CC(=O)O[C@H]1C[C@H](n2cc(C)c(=O)[nH]c2=O)O[C@@H]1COC(c1ccccc1)(c1ccccc1)c1ccccc1. The molecule has 0 saturated carbocycles. The zero-order chi connectivity index (χ0) is 27.4. The molecule has 8 heteroatoms. The van der Waals surface area contributed by atoms with Crippen molar-refractivity contribution in [1.29, 1.82) is 0 Å². The second-order valence-corrected chi connectivity index (χ2v) is 9.58. The van der Waals surface area contributed by atoms with Gasteiger partial charge in [-0.15, -0.1) is 0 Å². The molecule has 1 fully saturated rings. The summed E-state index contributed by atoms with van der Waals surface area (Å²) in [7, 11) is 0. The van der Waals surface area contributed by atoms with Crippen LogP contribution in [0.25, 0.3) is 0 Å². The fourth-order valence-corrected chi connectivity index (χ4v) is 5.13. The number of nitrogens with one attached hydrogen (secondary N) is 1. The number of esters is 1. The average molecular weight is 527 g/mol. The van der Waals surface area contributed by atoms with Gasteiger partial charge in [0.25, 0.3) is 5.56 Å². The van der Waals surface area contributed by atoms with E-state index in [2.05, 4.69) is 4.98 Å². The predicted octanol–water partition coefficient (Wildman–Crippen LogP) is 4.07. The van der Waals surface area contributed by atoms with E-state index in [0.717, 1.165) is 16.7 Å². The fraction of sp³-hybridized carbons (Fsp3) is 0.258. The number of ether oxygens (including phenoxy) is 3. The van der Waals surface area contributed by atoms with Gasteiger partial charge in [-0.1, -0.05) is 91.0 Å². The molecule has 1 aliphatic heterocycles. The molecule has 0 bridgehead atoms. The summed E-state index contributed by atoms with van der Waals surface area (Å²) < 4.78 is 20.1. The summed E-state index contributed by atoms with van der Waals surface area (Å²) in [6, 6.07) is 29.8. The Morgan fingerprint density at radius 1 is 0.923 bits per heavy atom. The van der Waals surface area contributed by atoms with E-state index in [4.69, 9.17) is 14.2 Å². The number of aryl methyl sites for hydroxylation is 1. The van der Waals surface area contributed by atoms with Crippen molar-refractivity contribution in [2.75, 3.05) is 6.61 Å². The number of hydrogen-bond acceptors (Lipinski definition) is 6. The van der Waals surface area contributed by atoms with Crippen molar-refractivity contribution in [2.45, 2.75) is 44.3 Å². The summed E-state index contributed by atoms with van der Waals surface area (Å²) >= 11 is 0. The third kappa shape index (κ3) is 5.34. The summed E-state index contributed by atoms with van der Waals surface area (Å²) in [5.74, 6) is -0.459. The molecular weight excluding hydrogens is 496 g/mol. The third-order valence-corrected chi connectivity index (χ3v) is 6.96. The van der Waals surface area contributed by atoms with Crippen LogP contribution in [0.4, 0.5) is 0 Å². The lowest BCUT2D eigenvalue weighted by atomic mass is 9.80. The van der Waals surface area contributed by atoms with E-state index in [-0.39, 0.29) is 13.0 Å². The van der Waals surface area contributed by atoms with Gasteiger partial charge in [0.1, 0.15) is 24.0 Å². The number of benzene rings is 3. The molecule has 1 saturated heterocycles. The van der Waals surface area contributed by atoms with Crippen molar-refractivity contribution >= 4 is 5.97 Å².